The number of amides is 1. The highest BCUT2D eigenvalue weighted by Gasteiger charge is 2.58. The number of nitrogens with one attached hydrogen (secondary N) is 1. The molecular formula is C32H54BNO3. The normalized spacial score (nSPS) is 38.8. The van der Waals surface area contributed by atoms with Gasteiger partial charge in [-0.25, -0.2) is 0 Å². The lowest BCUT2D eigenvalue weighted by molar-refractivity contribution is -0.124. The van der Waals surface area contributed by atoms with Gasteiger partial charge in [0.15, 0.2) is 0 Å². The SMILES string of the molecule is [B]C(C)(CO)NC(=O)CCOC1CCC2(C)C(=CCC3C2CCC2(C)C(CCCCC(C)C)CCC32)C1. The fraction of sp³-hybridized carbons (Fsp3) is 0.906. The van der Waals surface area contributed by atoms with Crippen molar-refractivity contribution in [2.45, 2.75) is 130 Å². The van der Waals surface area contributed by atoms with Crippen molar-refractivity contribution in [2.75, 3.05) is 13.2 Å². The van der Waals surface area contributed by atoms with Gasteiger partial charge in [-0.2, -0.15) is 0 Å². The van der Waals surface area contributed by atoms with Gasteiger partial charge in [-0.1, -0.05) is 58.6 Å². The Balaban J connectivity index is 1.31. The maximum absolute atomic E-state index is 12.1. The van der Waals surface area contributed by atoms with Gasteiger partial charge in [-0.05, 0) is 105 Å². The molecule has 1 amide bonds. The van der Waals surface area contributed by atoms with E-state index in [1.165, 1.54) is 64.2 Å². The zero-order chi connectivity index (χ0) is 26.8. The van der Waals surface area contributed by atoms with Crippen LogP contribution < -0.4 is 5.32 Å². The van der Waals surface area contributed by atoms with E-state index in [0.29, 0.717) is 17.4 Å². The van der Waals surface area contributed by atoms with E-state index in [4.69, 9.17) is 12.6 Å². The third-order valence-electron chi connectivity index (χ3n) is 11.3. The predicted octanol–water partition coefficient (Wildman–Crippen LogP) is 6.55. The van der Waals surface area contributed by atoms with E-state index in [-0.39, 0.29) is 25.0 Å². The molecule has 8 unspecified atom stereocenters. The molecule has 0 aromatic rings. The number of aliphatic hydroxyl groups is 1. The summed E-state index contributed by atoms with van der Waals surface area (Å²) < 4.78 is 6.19. The molecule has 0 aromatic heterocycles. The highest BCUT2D eigenvalue weighted by molar-refractivity contribution is 6.16. The Kier molecular flexibility index (Phi) is 9.26. The van der Waals surface area contributed by atoms with E-state index in [9.17, 15) is 9.90 Å². The van der Waals surface area contributed by atoms with Crippen LogP contribution in [0.1, 0.15) is 118 Å². The summed E-state index contributed by atoms with van der Waals surface area (Å²) in [6, 6.07) is 0. The molecule has 2 N–H and O–H groups in total. The Morgan fingerprint density at radius 1 is 1.19 bits per heavy atom. The number of hydrogen-bond acceptors (Lipinski definition) is 3. The van der Waals surface area contributed by atoms with Gasteiger partial charge in [-0.3, -0.25) is 4.79 Å². The third-order valence-corrected chi connectivity index (χ3v) is 11.3. The van der Waals surface area contributed by atoms with Crippen molar-refractivity contribution in [2.24, 2.45) is 40.4 Å². The molecule has 5 heteroatoms. The molecule has 0 heterocycles. The summed E-state index contributed by atoms with van der Waals surface area (Å²) in [5.41, 5.74) is 1.46. The summed E-state index contributed by atoms with van der Waals surface area (Å²) in [4.78, 5) is 12.1. The Labute approximate surface area is 228 Å². The monoisotopic (exact) mass is 511 g/mol. The smallest absolute Gasteiger partial charge is 0.222 e. The number of unbranched alkanes of at least 4 members (excludes halogenated alkanes) is 1. The second-order valence-corrected chi connectivity index (χ2v) is 14.4. The van der Waals surface area contributed by atoms with Crippen LogP contribution in [0.2, 0.25) is 0 Å². The van der Waals surface area contributed by atoms with Gasteiger partial charge in [0.2, 0.25) is 5.91 Å². The molecule has 4 nitrogen and oxygen atoms in total. The largest absolute Gasteiger partial charge is 0.395 e. The van der Waals surface area contributed by atoms with Crippen LogP contribution in [-0.4, -0.2) is 43.6 Å². The van der Waals surface area contributed by atoms with E-state index in [0.717, 1.165) is 42.4 Å². The minimum Gasteiger partial charge on any atom is -0.395 e. The molecule has 4 aliphatic rings. The van der Waals surface area contributed by atoms with Crippen molar-refractivity contribution >= 4 is 13.8 Å². The number of hydrogen-bond donors (Lipinski definition) is 2. The fourth-order valence-corrected chi connectivity index (χ4v) is 9.03. The molecular weight excluding hydrogens is 457 g/mol. The Morgan fingerprint density at radius 2 is 1.97 bits per heavy atom. The Hall–Kier alpha value is -0.805. The summed E-state index contributed by atoms with van der Waals surface area (Å²) in [5.74, 6) is 4.23. The van der Waals surface area contributed by atoms with Crippen LogP contribution in [0.3, 0.4) is 0 Å². The number of allylic oxidation sites excluding steroid dienone is 1. The van der Waals surface area contributed by atoms with Gasteiger partial charge < -0.3 is 15.2 Å². The average Bonchev–Trinajstić information content (AvgIpc) is 3.17. The summed E-state index contributed by atoms with van der Waals surface area (Å²) in [5, 5.41) is 11.9. The average molecular weight is 512 g/mol. The molecule has 0 aromatic carbocycles. The lowest BCUT2D eigenvalue weighted by atomic mass is 9.47. The van der Waals surface area contributed by atoms with E-state index in [1.54, 1.807) is 12.5 Å². The van der Waals surface area contributed by atoms with Crippen LogP contribution in [-0.2, 0) is 9.53 Å². The number of aliphatic hydroxyl groups excluding tert-OH is 1. The van der Waals surface area contributed by atoms with E-state index < -0.39 is 5.44 Å². The van der Waals surface area contributed by atoms with Crippen molar-refractivity contribution < 1.29 is 14.6 Å². The van der Waals surface area contributed by atoms with E-state index in [2.05, 4.69) is 39.1 Å². The molecule has 8 atom stereocenters. The predicted molar refractivity (Wildman–Crippen MR) is 152 cm³/mol. The first-order valence-electron chi connectivity index (χ1n) is 15.5. The van der Waals surface area contributed by atoms with Crippen molar-refractivity contribution in [3.63, 3.8) is 0 Å². The molecule has 0 aliphatic heterocycles. The van der Waals surface area contributed by atoms with Crippen LogP contribution in [0.5, 0.6) is 0 Å². The van der Waals surface area contributed by atoms with Gasteiger partial charge in [0.25, 0.3) is 0 Å². The second kappa shape index (κ2) is 11.7. The zero-order valence-electron chi connectivity index (χ0n) is 24.5. The molecule has 0 spiro atoms. The number of carbonyl (C=O) groups excluding carboxylic acids is 1. The van der Waals surface area contributed by atoms with Crippen molar-refractivity contribution in [1.82, 2.24) is 5.32 Å². The molecule has 37 heavy (non-hydrogen) atoms. The molecule has 0 saturated heterocycles. The molecule has 3 saturated carbocycles. The standard InChI is InChI=1S/C32H54BNO3/c1-22(2)8-6-7-9-23-11-13-27-26-12-10-24-20-25(37-19-16-29(36)34-32(5,33)21-35)14-17-31(24,4)28(26)15-18-30(23,27)3/h10,22-23,25-28,35H,6-9,11-21H2,1-5H3,(H,34,36). The summed E-state index contributed by atoms with van der Waals surface area (Å²) >= 11 is 0. The maximum Gasteiger partial charge on any atom is 0.222 e. The summed E-state index contributed by atoms with van der Waals surface area (Å²) in [6.07, 6.45) is 19.1. The number of rotatable bonds is 11. The Morgan fingerprint density at radius 3 is 2.70 bits per heavy atom. The van der Waals surface area contributed by atoms with Gasteiger partial charge in [0.05, 0.1) is 19.3 Å². The first kappa shape index (κ1) is 29.2. The zero-order valence-corrected chi connectivity index (χ0v) is 24.5. The van der Waals surface area contributed by atoms with Crippen LogP contribution in [0.25, 0.3) is 0 Å². The van der Waals surface area contributed by atoms with Gasteiger partial charge in [0, 0.05) is 11.9 Å². The van der Waals surface area contributed by atoms with Crippen LogP contribution in [0, 0.1) is 40.4 Å². The summed E-state index contributed by atoms with van der Waals surface area (Å²) in [7, 11) is 5.83. The fourth-order valence-electron chi connectivity index (χ4n) is 9.03. The van der Waals surface area contributed by atoms with Crippen molar-refractivity contribution in [1.29, 1.82) is 0 Å². The number of ether oxygens (including phenoxy) is 1. The molecule has 208 valence electrons. The minimum atomic E-state index is -1.07. The highest BCUT2D eigenvalue weighted by Crippen LogP contribution is 2.66. The first-order chi connectivity index (χ1) is 17.5. The molecule has 4 rings (SSSR count). The molecule has 2 radical (unpaired) electrons. The topological polar surface area (TPSA) is 58.6 Å². The van der Waals surface area contributed by atoms with Crippen molar-refractivity contribution in [3.05, 3.63) is 11.6 Å². The van der Waals surface area contributed by atoms with E-state index >= 15 is 0 Å². The molecule has 4 aliphatic carbocycles. The van der Waals surface area contributed by atoms with Gasteiger partial charge in [0.1, 0.15) is 7.85 Å². The van der Waals surface area contributed by atoms with Crippen LogP contribution in [0.15, 0.2) is 11.6 Å². The van der Waals surface area contributed by atoms with Gasteiger partial charge >= 0.3 is 0 Å². The second-order valence-electron chi connectivity index (χ2n) is 14.4. The van der Waals surface area contributed by atoms with Crippen LogP contribution >= 0.6 is 0 Å². The molecule has 3 fully saturated rings. The molecule has 0 bridgehead atoms. The third kappa shape index (κ3) is 6.34. The highest BCUT2D eigenvalue weighted by atomic mass is 16.5. The van der Waals surface area contributed by atoms with Gasteiger partial charge in [-0.15, -0.1) is 0 Å². The minimum absolute atomic E-state index is 0.167. The number of fused-ring (bicyclic) bond motifs is 5. The lowest BCUT2D eigenvalue weighted by Gasteiger charge is -2.58. The quantitative estimate of drug-likeness (QED) is 0.188. The Bertz CT molecular complexity index is 825. The van der Waals surface area contributed by atoms with Crippen molar-refractivity contribution in [3.8, 4) is 0 Å². The number of carbonyl (C=O) groups is 1. The lowest BCUT2D eigenvalue weighted by Crippen LogP contribution is -2.50. The van der Waals surface area contributed by atoms with Crippen LogP contribution in [0.4, 0.5) is 0 Å². The summed E-state index contributed by atoms with van der Waals surface area (Å²) in [6.45, 7) is 11.7. The first-order valence-corrected chi connectivity index (χ1v) is 15.5. The van der Waals surface area contributed by atoms with E-state index in [1.807, 2.05) is 0 Å². The maximum atomic E-state index is 12.1.